The third-order valence-electron chi connectivity index (χ3n) is 3.24. The van der Waals surface area contributed by atoms with E-state index in [4.69, 9.17) is 0 Å². The molecule has 104 valence electrons. The summed E-state index contributed by atoms with van der Waals surface area (Å²) < 4.78 is 0. The monoisotopic (exact) mass is 257 g/mol. The average Bonchev–Trinajstić information content (AvgIpc) is 2.34. The van der Waals surface area contributed by atoms with Gasteiger partial charge in [0.15, 0.2) is 0 Å². The van der Waals surface area contributed by atoms with Crippen molar-refractivity contribution in [3.8, 4) is 11.8 Å². The van der Waals surface area contributed by atoms with Gasteiger partial charge in [-0.25, -0.2) is 0 Å². The molecule has 0 bridgehead atoms. The molecule has 0 spiro atoms. The summed E-state index contributed by atoms with van der Waals surface area (Å²) in [5, 5.41) is 3.65. The fourth-order valence-electron chi connectivity index (χ4n) is 2.47. The van der Waals surface area contributed by atoms with Crippen LogP contribution in [0.1, 0.15) is 49.8 Å². The van der Waals surface area contributed by atoms with Gasteiger partial charge in [0.05, 0.1) is 0 Å². The van der Waals surface area contributed by atoms with Crippen LogP contribution in [0.3, 0.4) is 0 Å². The molecule has 19 heavy (non-hydrogen) atoms. The molecule has 1 atom stereocenters. The molecule has 1 nitrogen and oxygen atoms in total. The molecule has 0 saturated heterocycles. The van der Waals surface area contributed by atoms with Crippen LogP contribution < -0.4 is 5.32 Å². The Bertz CT molecular complexity index is 416. The van der Waals surface area contributed by atoms with E-state index in [-0.39, 0.29) is 0 Å². The van der Waals surface area contributed by atoms with Gasteiger partial charge in [-0.2, -0.15) is 0 Å². The van der Waals surface area contributed by atoms with E-state index in [9.17, 15) is 0 Å². The lowest BCUT2D eigenvalue weighted by molar-refractivity contribution is 0.483. The van der Waals surface area contributed by atoms with Gasteiger partial charge in [0, 0.05) is 12.5 Å². The van der Waals surface area contributed by atoms with Crippen molar-refractivity contribution < 1.29 is 0 Å². The van der Waals surface area contributed by atoms with Gasteiger partial charge < -0.3 is 5.32 Å². The first-order chi connectivity index (χ1) is 9.15. The van der Waals surface area contributed by atoms with Crippen LogP contribution in [0, 0.1) is 25.7 Å². The van der Waals surface area contributed by atoms with Crippen LogP contribution in [-0.4, -0.2) is 12.6 Å². The van der Waals surface area contributed by atoms with E-state index in [2.05, 4.69) is 56.1 Å². The highest BCUT2D eigenvalue weighted by atomic mass is 14.9. The van der Waals surface area contributed by atoms with Gasteiger partial charge in [0.1, 0.15) is 0 Å². The summed E-state index contributed by atoms with van der Waals surface area (Å²) in [4.78, 5) is 0. The Morgan fingerprint density at radius 2 is 1.84 bits per heavy atom. The van der Waals surface area contributed by atoms with E-state index in [0.717, 1.165) is 25.8 Å². The normalized spacial score (nSPS) is 11.8. The predicted octanol–water partition coefficient (Wildman–Crippen LogP) is 4.02. The van der Waals surface area contributed by atoms with E-state index >= 15 is 0 Å². The largest absolute Gasteiger partial charge is 0.314 e. The smallest absolute Gasteiger partial charge is 0.0116 e. The van der Waals surface area contributed by atoms with E-state index in [0.29, 0.717) is 6.04 Å². The molecule has 1 heteroatoms. The predicted molar refractivity (Wildman–Crippen MR) is 84.4 cm³/mol. The van der Waals surface area contributed by atoms with Crippen LogP contribution in [-0.2, 0) is 6.42 Å². The van der Waals surface area contributed by atoms with Crippen molar-refractivity contribution in [3.05, 3.63) is 34.9 Å². The molecule has 0 radical (unpaired) electrons. The van der Waals surface area contributed by atoms with E-state index < -0.39 is 0 Å². The van der Waals surface area contributed by atoms with Gasteiger partial charge >= 0.3 is 0 Å². The molecule has 1 N–H and O–H groups in total. The summed E-state index contributed by atoms with van der Waals surface area (Å²) in [5.74, 6) is 6.16. The molecule has 0 fully saturated rings. The Balaban J connectivity index is 2.65. The Kier molecular flexibility index (Phi) is 7.30. The van der Waals surface area contributed by atoms with Crippen LogP contribution >= 0.6 is 0 Å². The number of aryl methyl sites for hydroxylation is 2. The Morgan fingerprint density at radius 3 is 2.42 bits per heavy atom. The summed E-state index contributed by atoms with van der Waals surface area (Å²) in [6, 6.07) is 7.39. The molecule has 0 heterocycles. The first-order valence-electron chi connectivity index (χ1n) is 7.35. The van der Waals surface area contributed by atoms with Gasteiger partial charge in [-0.05, 0) is 52.1 Å². The molecule has 1 aromatic rings. The van der Waals surface area contributed by atoms with Crippen molar-refractivity contribution in [1.29, 1.82) is 0 Å². The molecule has 1 unspecified atom stereocenters. The van der Waals surface area contributed by atoms with Crippen molar-refractivity contribution in [2.75, 3.05) is 6.54 Å². The maximum atomic E-state index is 3.65. The number of rotatable bonds is 7. The quantitative estimate of drug-likeness (QED) is 0.728. The molecular formula is C18H27N. The third kappa shape index (κ3) is 6.45. The van der Waals surface area contributed by atoms with Crippen LogP contribution in [0.4, 0.5) is 0 Å². The lowest BCUT2D eigenvalue weighted by atomic mass is 9.98. The molecular weight excluding hydrogens is 230 g/mol. The fourth-order valence-corrected chi connectivity index (χ4v) is 2.47. The second-order valence-electron chi connectivity index (χ2n) is 5.32. The van der Waals surface area contributed by atoms with Crippen LogP contribution in [0.5, 0.6) is 0 Å². The summed E-state index contributed by atoms with van der Waals surface area (Å²) >= 11 is 0. The van der Waals surface area contributed by atoms with Crippen LogP contribution in [0.25, 0.3) is 0 Å². The fraction of sp³-hybridized carbons (Fsp3) is 0.556. The molecule has 0 aromatic heterocycles. The zero-order valence-electron chi connectivity index (χ0n) is 12.8. The Morgan fingerprint density at radius 1 is 1.16 bits per heavy atom. The van der Waals surface area contributed by atoms with Crippen molar-refractivity contribution in [3.63, 3.8) is 0 Å². The highest BCUT2D eigenvalue weighted by Gasteiger charge is 2.08. The van der Waals surface area contributed by atoms with Gasteiger partial charge in [0.25, 0.3) is 0 Å². The minimum absolute atomic E-state index is 0.544. The molecule has 0 aliphatic carbocycles. The summed E-state index contributed by atoms with van der Waals surface area (Å²) in [6.45, 7) is 9.57. The van der Waals surface area contributed by atoms with Gasteiger partial charge in [-0.1, -0.05) is 36.2 Å². The lowest BCUT2D eigenvalue weighted by Crippen LogP contribution is -2.31. The maximum Gasteiger partial charge on any atom is 0.0116 e. The summed E-state index contributed by atoms with van der Waals surface area (Å²) in [5.41, 5.74) is 4.16. The minimum Gasteiger partial charge on any atom is -0.314 e. The molecule has 0 aliphatic rings. The van der Waals surface area contributed by atoms with E-state index in [1.54, 1.807) is 0 Å². The van der Waals surface area contributed by atoms with Crippen LogP contribution in [0.2, 0.25) is 0 Å². The number of benzene rings is 1. The topological polar surface area (TPSA) is 12.0 Å². The molecule has 1 aromatic carbocycles. The Labute approximate surface area is 118 Å². The minimum atomic E-state index is 0.544. The third-order valence-corrected chi connectivity index (χ3v) is 3.24. The van der Waals surface area contributed by atoms with Gasteiger partial charge in [0.2, 0.25) is 0 Å². The maximum absolute atomic E-state index is 3.65. The summed E-state index contributed by atoms with van der Waals surface area (Å²) in [6.07, 6.45) is 4.41. The molecule has 1 rings (SSSR count). The van der Waals surface area contributed by atoms with Crippen LogP contribution in [0.15, 0.2) is 18.2 Å². The van der Waals surface area contributed by atoms with E-state index in [1.807, 2.05) is 6.92 Å². The van der Waals surface area contributed by atoms with Crippen molar-refractivity contribution >= 4 is 0 Å². The molecule has 0 aliphatic heterocycles. The highest BCUT2D eigenvalue weighted by molar-refractivity contribution is 5.29. The van der Waals surface area contributed by atoms with Gasteiger partial charge in [-0.3, -0.25) is 0 Å². The second-order valence-corrected chi connectivity index (χ2v) is 5.32. The second kappa shape index (κ2) is 8.77. The SMILES string of the molecule is CC#CCCC(Cc1cc(C)cc(C)c1)NCCC. The first kappa shape index (κ1) is 15.8. The molecule has 0 amide bonds. The van der Waals surface area contributed by atoms with Crippen molar-refractivity contribution in [2.24, 2.45) is 0 Å². The first-order valence-corrected chi connectivity index (χ1v) is 7.35. The number of hydrogen-bond donors (Lipinski definition) is 1. The number of hydrogen-bond acceptors (Lipinski definition) is 1. The number of nitrogens with one attached hydrogen (secondary N) is 1. The lowest BCUT2D eigenvalue weighted by Gasteiger charge is -2.18. The average molecular weight is 257 g/mol. The van der Waals surface area contributed by atoms with Gasteiger partial charge in [-0.15, -0.1) is 11.8 Å². The molecule has 0 saturated carbocycles. The van der Waals surface area contributed by atoms with Crippen molar-refractivity contribution in [1.82, 2.24) is 5.32 Å². The zero-order valence-corrected chi connectivity index (χ0v) is 12.8. The summed E-state index contributed by atoms with van der Waals surface area (Å²) in [7, 11) is 0. The highest BCUT2D eigenvalue weighted by Crippen LogP contribution is 2.13. The zero-order chi connectivity index (χ0) is 14.1. The Hall–Kier alpha value is -1.26. The van der Waals surface area contributed by atoms with E-state index in [1.165, 1.54) is 23.1 Å². The standard InChI is InChI=1S/C18H27N/c1-5-7-8-9-18(19-10-6-2)14-17-12-15(3)11-16(4)13-17/h11-13,18-19H,6,8-10,14H2,1-4H3. The van der Waals surface area contributed by atoms with Crippen molar-refractivity contribution in [2.45, 2.75) is 59.4 Å².